The second-order valence-corrected chi connectivity index (χ2v) is 3.41. The number of nitrogens with zero attached hydrogens (tertiary/aromatic N) is 1. The van der Waals surface area contributed by atoms with Gasteiger partial charge in [0.25, 0.3) is 0 Å². The Morgan fingerprint density at radius 1 is 1.62 bits per heavy atom. The van der Waals surface area contributed by atoms with E-state index in [1.54, 1.807) is 6.07 Å². The molecule has 0 fully saturated rings. The van der Waals surface area contributed by atoms with Crippen molar-refractivity contribution < 1.29 is 0 Å². The first-order chi connectivity index (χ1) is 6.15. The SMILES string of the molecule is Cc1cc(Cl)ccc1C(N)CC#N. The van der Waals surface area contributed by atoms with Crippen LogP contribution in [-0.4, -0.2) is 0 Å². The van der Waals surface area contributed by atoms with E-state index in [-0.39, 0.29) is 6.04 Å². The molecule has 1 aromatic carbocycles. The largest absolute Gasteiger partial charge is 0.323 e. The third-order valence-electron chi connectivity index (χ3n) is 1.94. The fraction of sp³-hybridized carbons (Fsp3) is 0.300. The summed E-state index contributed by atoms with van der Waals surface area (Å²) in [6.45, 7) is 1.94. The van der Waals surface area contributed by atoms with Crippen molar-refractivity contribution in [1.29, 1.82) is 5.26 Å². The lowest BCUT2D eigenvalue weighted by atomic mass is 10.0. The number of rotatable bonds is 2. The van der Waals surface area contributed by atoms with Crippen LogP contribution in [0.15, 0.2) is 18.2 Å². The number of nitrogens with two attached hydrogens (primary N) is 1. The molecule has 0 amide bonds. The molecule has 0 aliphatic carbocycles. The molecule has 2 nitrogen and oxygen atoms in total. The number of nitriles is 1. The van der Waals surface area contributed by atoms with Crippen LogP contribution in [0.25, 0.3) is 0 Å². The Kier molecular flexibility index (Phi) is 3.30. The first-order valence-electron chi connectivity index (χ1n) is 4.03. The molecule has 1 unspecified atom stereocenters. The van der Waals surface area contributed by atoms with E-state index in [2.05, 4.69) is 0 Å². The molecule has 0 aromatic heterocycles. The monoisotopic (exact) mass is 194 g/mol. The molecule has 68 valence electrons. The Labute approximate surface area is 82.9 Å². The zero-order valence-electron chi connectivity index (χ0n) is 7.42. The highest BCUT2D eigenvalue weighted by Crippen LogP contribution is 2.21. The van der Waals surface area contributed by atoms with Crippen LogP contribution >= 0.6 is 11.6 Å². The summed E-state index contributed by atoms with van der Waals surface area (Å²) in [6.07, 6.45) is 0.336. The zero-order chi connectivity index (χ0) is 9.84. The summed E-state index contributed by atoms with van der Waals surface area (Å²) in [5, 5.41) is 9.19. The molecular formula is C10H11ClN2. The van der Waals surface area contributed by atoms with E-state index in [0.29, 0.717) is 11.4 Å². The number of aryl methyl sites for hydroxylation is 1. The number of hydrogen-bond acceptors (Lipinski definition) is 2. The van der Waals surface area contributed by atoms with Crippen LogP contribution in [0.1, 0.15) is 23.6 Å². The van der Waals surface area contributed by atoms with Crippen molar-refractivity contribution >= 4 is 11.6 Å². The van der Waals surface area contributed by atoms with E-state index in [9.17, 15) is 0 Å². The van der Waals surface area contributed by atoms with Gasteiger partial charge >= 0.3 is 0 Å². The summed E-state index contributed by atoms with van der Waals surface area (Å²) in [7, 11) is 0. The van der Waals surface area contributed by atoms with Gasteiger partial charge in [-0.2, -0.15) is 5.26 Å². The summed E-state index contributed by atoms with van der Waals surface area (Å²) >= 11 is 5.79. The lowest BCUT2D eigenvalue weighted by Crippen LogP contribution is -2.10. The zero-order valence-corrected chi connectivity index (χ0v) is 8.17. The molecule has 0 spiro atoms. The summed E-state index contributed by atoms with van der Waals surface area (Å²) in [5.41, 5.74) is 7.82. The van der Waals surface area contributed by atoms with Crippen molar-refractivity contribution in [2.45, 2.75) is 19.4 Å². The van der Waals surface area contributed by atoms with E-state index in [4.69, 9.17) is 22.6 Å². The van der Waals surface area contributed by atoms with Crippen LogP contribution < -0.4 is 5.73 Å². The molecule has 0 saturated heterocycles. The molecule has 1 atom stereocenters. The highest BCUT2D eigenvalue weighted by atomic mass is 35.5. The highest BCUT2D eigenvalue weighted by molar-refractivity contribution is 6.30. The van der Waals surface area contributed by atoms with Gasteiger partial charge in [-0.05, 0) is 30.2 Å². The van der Waals surface area contributed by atoms with Gasteiger partial charge in [-0.1, -0.05) is 17.7 Å². The van der Waals surface area contributed by atoms with Gasteiger partial charge in [0.2, 0.25) is 0 Å². The van der Waals surface area contributed by atoms with Crippen LogP contribution in [0.5, 0.6) is 0 Å². The molecule has 2 N–H and O–H groups in total. The van der Waals surface area contributed by atoms with E-state index >= 15 is 0 Å². The van der Waals surface area contributed by atoms with Crippen molar-refractivity contribution in [2.75, 3.05) is 0 Å². The van der Waals surface area contributed by atoms with Gasteiger partial charge < -0.3 is 5.73 Å². The lowest BCUT2D eigenvalue weighted by molar-refractivity contribution is 0.742. The lowest BCUT2D eigenvalue weighted by Gasteiger charge is -2.11. The summed E-state index contributed by atoms with van der Waals surface area (Å²) in [5.74, 6) is 0. The fourth-order valence-corrected chi connectivity index (χ4v) is 1.49. The predicted molar refractivity (Wildman–Crippen MR) is 53.3 cm³/mol. The average molecular weight is 195 g/mol. The normalized spacial score (nSPS) is 12.2. The maximum absolute atomic E-state index is 8.49. The molecular weight excluding hydrogens is 184 g/mol. The Bertz CT molecular complexity index is 341. The minimum atomic E-state index is -0.206. The first kappa shape index (κ1) is 10.0. The molecule has 0 aliphatic rings. The third kappa shape index (κ3) is 2.45. The Hall–Kier alpha value is -1.04. The molecule has 13 heavy (non-hydrogen) atoms. The summed E-state index contributed by atoms with van der Waals surface area (Å²) in [6, 6.07) is 7.37. The van der Waals surface area contributed by atoms with E-state index in [1.165, 1.54) is 0 Å². The van der Waals surface area contributed by atoms with Crippen LogP contribution in [0.3, 0.4) is 0 Å². The molecule has 3 heteroatoms. The quantitative estimate of drug-likeness (QED) is 0.787. The Morgan fingerprint density at radius 3 is 2.85 bits per heavy atom. The van der Waals surface area contributed by atoms with Crippen molar-refractivity contribution in [3.63, 3.8) is 0 Å². The maximum Gasteiger partial charge on any atom is 0.0641 e. The molecule has 1 aromatic rings. The number of hydrogen-bond donors (Lipinski definition) is 1. The van der Waals surface area contributed by atoms with Crippen molar-refractivity contribution in [3.05, 3.63) is 34.3 Å². The predicted octanol–water partition coefficient (Wildman–Crippen LogP) is 2.56. The van der Waals surface area contributed by atoms with E-state index in [0.717, 1.165) is 11.1 Å². The number of halogens is 1. The standard InChI is InChI=1S/C10H11ClN2/c1-7-6-8(11)2-3-9(7)10(13)4-5-12/h2-3,6,10H,4,13H2,1H3. The topological polar surface area (TPSA) is 49.8 Å². The first-order valence-corrected chi connectivity index (χ1v) is 4.41. The third-order valence-corrected chi connectivity index (χ3v) is 2.18. The fourth-order valence-electron chi connectivity index (χ4n) is 1.26. The Morgan fingerprint density at radius 2 is 2.31 bits per heavy atom. The minimum absolute atomic E-state index is 0.206. The summed E-state index contributed by atoms with van der Waals surface area (Å²) < 4.78 is 0. The summed E-state index contributed by atoms with van der Waals surface area (Å²) in [4.78, 5) is 0. The molecule has 0 heterocycles. The second-order valence-electron chi connectivity index (χ2n) is 2.97. The van der Waals surface area contributed by atoms with Crippen LogP contribution in [0.2, 0.25) is 5.02 Å². The minimum Gasteiger partial charge on any atom is -0.323 e. The molecule has 0 radical (unpaired) electrons. The van der Waals surface area contributed by atoms with Crippen LogP contribution in [-0.2, 0) is 0 Å². The average Bonchev–Trinajstić information content (AvgIpc) is 2.04. The van der Waals surface area contributed by atoms with Crippen LogP contribution in [0.4, 0.5) is 0 Å². The van der Waals surface area contributed by atoms with Crippen LogP contribution in [0, 0.1) is 18.3 Å². The van der Waals surface area contributed by atoms with Gasteiger partial charge in [0.1, 0.15) is 0 Å². The van der Waals surface area contributed by atoms with Gasteiger partial charge in [-0.3, -0.25) is 0 Å². The van der Waals surface area contributed by atoms with Gasteiger partial charge in [-0.25, -0.2) is 0 Å². The smallest absolute Gasteiger partial charge is 0.0641 e. The molecule has 0 aliphatic heterocycles. The van der Waals surface area contributed by atoms with Crippen molar-refractivity contribution in [3.8, 4) is 6.07 Å². The van der Waals surface area contributed by atoms with Gasteiger partial charge in [0, 0.05) is 11.1 Å². The second kappa shape index (κ2) is 4.27. The molecule has 1 rings (SSSR count). The van der Waals surface area contributed by atoms with E-state index in [1.807, 2.05) is 25.1 Å². The Balaban J connectivity index is 2.96. The van der Waals surface area contributed by atoms with Crippen molar-refractivity contribution in [1.82, 2.24) is 0 Å². The van der Waals surface area contributed by atoms with Gasteiger partial charge in [0.15, 0.2) is 0 Å². The van der Waals surface area contributed by atoms with Gasteiger partial charge in [-0.15, -0.1) is 0 Å². The van der Waals surface area contributed by atoms with Gasteiger partial charge in [0.05, 0.1) is 12.5 Å². The molecule has 0 saturated carbocycles. The highest BCUT2D eigenvalue weighted by Gasteiger charge is 2.07. The molecule has 0 bridgehead atoms. The van der Waals surface area contributed by atoms with E-state index < -0.39 is 0 Å². The number of benzene rings is 1. The maximum atomic E-state index is 8.49. The van der Waals surface area contributed by atoms with Crippen molar-refractivity contribution in [2.24, 2.45) is 5.73 Å².